The number of amides is 2. The van der Waals surface area contributed by atoms with Crippen LogP contribution in [0.3, 0.4) is 0 Å². The van der Waals surface area contributed by atoms with Crippen molar-refractivity contribution in [1.82, 2.24) is 18.9 Å². The summed E-state index contributed by atoms with van der Waals surface area (Å²) in [6, 6.07) is 33.7. The number of amidine groups is 2. The van der Waals surface area contributed by atoms with Gasteiger partial charge in [0.1, 0.15) is 0 Å². The van der Waals surface area contributed by atoms with Gasteiger partial charge in [-0.15, -0.1) is 0 Å². The number of hydrogen-bond acceptors (Lipinski definition) is 6. The van der Waals surface area contributed by atoms with E-state index >= 15 is 0 Å². The topological polar surface area (TPSA) is 75.2 Å². The van der Waals surface area contributed by atoms with Gasteiger partial charge in [0.25, 0.3) is 11.8 Å². The van der Waals surface area contributed by atoms with E-state index in [1.807, 2.05) is 132 Å². The predicted octanol–water partition coefficient (Wildman–Crippen LogP) is 15.3. The zero-order chi connectivity index (χ0) is 50.9. The number of aliphatic imine (C=N–C) groups is 2. The monoisotopic (exact) mass is 1020 g/mol. The minimum absolute atomic E-state index is 0.0408. The highest BCUT2D eigenvalue weighted by Gasteiger charge is 2.41. The van der Waals surface area contributed by atoms with Crippen LogP contribution in [0.2, 0.25) is 0 Å². The van der Waals surface area contributed by atoms with Crippen molar-refractivity contribution in [2.45, 2.75) is 103 Å². The molecule has 0 N–H and O–H groups in total. The molecule has 4 aliphatic rings. The van der Waals surface area contributed by atoms with Crippen LogP contribution >= 0.6 is 23.5 Å². The fraction of sp³-hybridized carbons (Fsp3) is 0.286. The lowest BCUT2D eigenvalue weighted by Gasteiger charge is -2.22. The standard InChI is InChI=1S/2C28H26F3N3OS/c2*1-18-16-20(19(2)33(18)24-14-12-21(13-15-24)28(29,30)31)17-25-26(35)34(23-10-6-7-11-23)27(36-25)32-22-8-4-3-5-9-22/h2*3-5,8-9,12-17,23H,6-7,10-11H2,1-2H3/b2*25-17-,32-27?. The highest BCUT2D eigenvalue weighted by atomic mass is 32.2. The third kappa shape index (κ3) is 10.8. The van der Waals surface area contributed by atoms with Crippen molar-refractivity contribution < 1.29 is 35.9 Å². The van der Waals surface area contributed by atoms with E-state index in [9.17, 15) is 35.9 Å². The van der Waals surface area contributed by atoms with Crippen LogP contribution in [0, 0.1) is 27.7 Å². The molecule has 6 aromatic rings. The number of alkyl halides is 6. The Morgan fingerprint density at radius 3 is 1.15 bits per heavy atom. The summed E-state index contributed by atoms with van der Waals surface area (Å²) in [6.45, 7) is 7.64. The summed E-state index contributed by atoms with van der Waals surface area (Å²) in [5, 5.41) is 1.39. The maximum atomic E-state index is 13.5. The molecule has 4 heterocycles. The van der Waals surface area contributed by atoms with Gasteiger partial charge in [0.2, 0.25) is 0 Å². The predicted molar refractivity (Wildman–Crippen MR) is 277 cm³/mol. The Morgan fingerprint density at radius 2 is 0.833 bits per heavy atom. The van der Waals surface area contributed by atoms with Crippen LogP contribution in [-0.4, -0.2) is 53.2 Å². The molecule has 4 fully saturated rings. The van der Waals surface area contributed by atoms with Crippen molar-refractivity contribution in [3.63, 3.8) is 0 Å². The summed E-state index contributed by atoms with van der Waals surface area (Å²) >= 11 is 2.76. The molecule has 2 amide bonds. The summed E-state index contributed by atoms with van der Waals surface area (Å²) in [4.78, 5) is 41.6. The van der Waals surface area contributed by atoms with Crippen molar-refractivity contribution in [2.24, 2.45) is 9.98 Å². The third-order valence-corrected chi connectivity index (χ3v) is 15.4. The van der Waals surface area contributed by atoms with Crippen molar-refractivity contribution >= 4 is 69.2 Å². The van der Waals surface area contributed by atoms with Gasteiger partial charge in [0.05, 0.1) is 32.3 Å². The molecule has 0 atom stereocenters. The van der Waals surface area contributed by atoms with Crippen molar-refractivity contribution in [3.05, 3.63) is 176 Å². The summed E-state index contributed by atoms with van der Waals surface area (Å²) in [7, 11) is 0. The van der Waals surface area contributed by atoms with E-state index < -0.39 is 23.5 Å². The number of benzene rings is 4. The molecule has 2 aliphatic heterocycles. The Labute approximate surface area is 423 Å². The lowest BCUT2D eigenvalue weighted by molar-refractivity contribution is -0.138. The van der Waals surface area contributed by atoms with E-state index in [1.54, 1.807) is 0 Å². The van der Waals surface area contributed by atoms with E-state index in [1.165, 1.54) is 47.8 Å². The van der Waals surface area contributed by atoms with Gasteiger partial charge in [-0.05, 0) is 185 Å². The van der Waals surface area contributed by atoms with Gasteiger partial charge in [0, 0.05) is 46.2 Å². The van der Waals surface area contributed by atoms with E-state index in [2.05, 4.69) is 0 Å². The normalized spacial score (nSPS) is 19.2. The fourth-order valence-electron chi connectivity index (χ4n) is 9.87. The van der Waals surface area contributed by atoms with Crippen molar-refractivity contribution in [3.8, 4) is 11.4 Å². The molecule has 10 rings (SSSR count). The number of thioether (sulfide) groups is 2. The molecular weight excluding hydrogens is 967 g/mol. The highest BCUT2D eigenvalue weighted by Crippen LogP contribution is 2.42. The van der Waals surface area contributed by atoms with Crippen LogP contribution in [0.25, 0.3) is 23.5 Å². The molecular formula is C56H52F6N6O2S2. The third-order valence-electron chi connectivity index (χ3n) is 13.4. The molecule has 2 saturated heterocycles. The van der Waals surface area contributed by atoms with Gasteiger partial charge >= 0.3 is 12.4 Å². The first-order valence-electron chi connectivity index (χ1n) is 23.9. The number of aromatic nitrogens is 2. The average molecular weight is 1020 g/mol. The molecule has 72 heavy (non-hydrogen) atoms. The van der Waals surface area contributed by atoms with E-state index in [0.29, 0.717) is 31.5 Å². The molecule has 0 spiro atoms. The summed E-state index contributed by atoms with van der Waals surface area (Å²) < 4.78 is 81.8. The molecule has 2 aromatic heterocycles. The first kappa shape index (κ1) is 50.4. The smallest absolute Gasteiger partial charge is 0.318 e. The maximum absolute atomic E-state index is 13.5. The molecule has 2 saturated carbocycles. The van der Waals surface area contributed by atoms with Gasteiger partial charge in [-0.2, -0.15) is 26.3 Å². The number of rotatable bonds is 8. The molecule has 372 valence electrons. The molecule has 8 nitrogen and oxygen atoms in total. The Hall–Kier alpha value is -6.52. The van der Waals surface area contributed by atoms with E-state index in [-0.39, 0.29) is 23.9 Å². The SMILES string of the molecule is Cc1cc(/C=C2\SC(=Nc3ccccc3)N(C3CCCC3)C2=O)c(C)n1-c1ccc(C(F)(F)F)cc1.Cc1cc(/C=C2\SC(=Nc3ccccc3)N(C3CCCC3)C2=O)c(C)n1-c1ccc(C(F)(F)F)cc1. The van der Waals surface area contributed by atoms with Gasteiger partial charge in [-0.25, -0.2) is 9.98 Å². The minimum Gasteiger partial charge on any atom is -0.318 e. The van der Waals surface area contributed by atoms with Crippen molar-refractivity contribution in [2.75, 3.05) is 0 Å². The van der Waals surface area contributed by atoms with Crippen LogP contribution in [0.1, 0.15) is 96.4 Å². The average Bonchev–Trinajstić information content (AvgIpc) is 4.23. The highest BCUT2D eigenvalue weighted by molar-refractivity contribution is 8.19. The number of aryl methyl sites for hydroxylation is 2. The number of hydrogen-bond donors (Lipinski definition) is 0. The first-order chi connectivity index (χ1) is 34.4. The molecule has 16 heteroatoms. The van der Waals surface area contributed by atoms with Crippen LogP contribution in [0.5, 0.6) is 0 Å². The minimum atomic E-state index is -4.38. The second kappa shape index (κ2) is 20.9. The zero-order valence-corrected chi connectivity index (χ0v) is 41.7. The van der Waals surface area contributed by atoms with E-state index in [0.717, 1.165) is 121 Å². The lowest BCUT2D eigenvalue weighted by Crippen LogP contribution is -2.37. The maximum Gasteiger partial charge on any atom is 0.416 e. The number of halogens is 6. The molecule has 0 radical (unpaired) electrons. The molecule has 0 bridgehead atoms. The Balaban J connectivity index is 0.000000178. The van der Waals surface area contributed by atoms with E-state index in [4.69, 9.17) is 9.98 Å². The zero-order valence-electron chi connectivity index (χ0n) is 40.1. The second-order valence-corrected chi connectivity index (χ2v) is 20.3. The molecule has 0 unspecified atom stereocenters. The van der Waals surface area contributed by atoms with Crippen LogP contribution in [-0.2, 0) is 21.9 Å². The Morgan fingerprint density at radius 1 is 0.500 bits per heavy atom. The largest absolute Gasteiger partial charge is 0.416 e. The van der Waals surface area contributed by atoms with Crippen LogP contribution in [0.15, 0.2) is 141 Å². The second-order valence-electron chi connectivity index (χ2n) is 18.3. The van der Waals surface area contributed by atoms with Crippen LogP contribution in [0.4, 0.5) is 37.7 Å². The van der Waals surface area contributed by atoms with Crippen molar-refractivity contribution in [1.29, 1.82) is 0 Å². The Bertz CT molecular complexity index is 2880. The number of carbonyl (C=O) groups excluding carboxylic acids is 2. The summed E-state index contributed by atoms with van der Waals surface area (Å²) in [6.07, 6.45) is 3.29. The summed E-state index contributed by atoms with van der Waals surface area (Å²) in [5.41, 5.74) is 6.71. The van der Waals surface area contributed by atoms with Gasteiger partial charge in [-0.3, -0.25) is 19.4 Å². The fourth-order valence-corrected chi connectivity index (χ4v) is 12.0. The quantitative estimate of drug-likeness (QED) is 0.112. The van der Waals surface area contributed by atoms with Crippen LogP contribution < -0.4 is 0 Å². The van der Waals surface area contributed by atoms with Gasteiger partial charge < -0.3 is 9.13 Å². The first-order valence-corrected chi connectivity index (χ1v) is 25.5. The molecule has 2 aliphatic carbocycles. The Kier molecular flexibility index (Phi) is 14.6. The summed E-state index contributed by atoms with van der Waals surface area (Å²) in [5.74, 6) is -0.0816. The number of carbonyl (C=O) groups is 2. The van der Waals surface area contributed by atoms with Gasteiger partial charge in [0.15, 0.2) is 10.3 Å². The molecule has 4 aromatic carbocycles. The van der Waals surface area contributed by atoms with Gasteiger partial charge in [-0.1, -0.05) is 62.1 Å². The number of nitrogens with zero attached hydrogens (tertiary/aromatic N) is 6. The number of para-hydroxylation sites is 2. The lowest BCUT2D eigenvalue weighted by atomic mass is 10.2.